The maximum absolute atomic E-state index is 5.05. The van der Waals surface area contributed by atoms with Crippen molar-refractivity contribution in [3.05, 3.63) is 164 Å². The molecule has 8 rings (SSSR count). The van der Waals surface area contributed by atoms with Crippen LogP contribution in [0.4, 0.5) is 0 Å². The predicted octanol–water partition coefficient (Wildman–Crippen LogP) is 10.1. The second-order valence-electron chi connectivity index (χ2n) is 11.5. The van der Waals surface area contributed by atoms with E-state index in [2.05, 4.69) is 94.9 Å². The summed E-state index contributed by atoms with van der Waals surface area (Å²) in [5, 5.41) is 2.39. The van der Waals surface area contributed by atoms with Gasteiger partial charge in [-0.05, 0) is 76.3 Å². The summed E-state index contributed by atoms with van der Waals surface area (Å²) in [6.07, 6.45) is 1.80. The molecule has 0 unspecified atom stereocenters. The summed E-state index contributed by atoms with van der Waals surface area (Å²) in [7, 11) is 0. The van der Waals surface area contributed by atoms with Gasteiger partial charge in [0, 0.05) is 34.1 Å². The number of fused-ring (bicyclic) bond motifs is 1. The van der Waals surface area contributed by atoms with Gasteiger partial charge in [-0.2, -0.15) is 0 Å². The highest BCUT2D eigenvalue weighted by Crippen LogP contribution is 2.35. The van der Waals surface area contributed by atoms with Crippen LogP contribution in [0.25, 0.3) is 78.6 Å². The molecule has 0 spiro atoms. The zero-order valence-electron chi connectivity index (χ0n) is 25.7. The van der Waals surface area contributed by atoms with Gasteiger partial charge in [0.25, 0.3) is 0 Å². The second-order valence-corrected chi connectivity index (χ2v) is 11.5. The van der Waals surface area contributed by atoms with Gasteiger partial charge in [0.15, 0.2) is 23.3 Å². The Kier molecular flexibility index (Phi) is 7.32. The lowest BCUT2D eigenvalue weighted by Crippen LogP contribution is -2.00. The first-order valence-corrected chi connectivity index (χ1v) is 15.6. The fourth-order valence-electron chi connectivity index (χ4n) is 5.82. The third-order valence-corrected chi connectivity index (χ3v) is 8.22. The molecule has 0 radical (unpaired) electrons. The second kappa shape index (κ2) is 12.2. The summed E-state index contributed by atoms with van der Waals surface area (Å²) in [4.78, 5) is 24.2. The normalized spacial score (nSPS) is 11.1. The summed E-state index contributed by atoms with van der Waals surface area (Å²) in [6, 6.07) is 52.1. The van der Waals surface area contributed by atoms with Gasteiger partial charge in [-0.1, -0.05) is 115 Å². The van der Waals surface area contributed by atoms with E-state index in [0.29, 0.717) is 23.3 Å². The van der Waals surface area contributed by atoms with Crippen LogP contribution in [0.5, 0.6) is 0 Å². The molecule has 2 aromatic heterocycles. The Balaban J connectivity index is 1.34. The zero-order valence-corrected chi connectivity index (χ0v) is 25.7. The van der Waals surface area contributed by atoms with Crippen LogP contribution in [0.1, 0.15) is 5.69 Å². The van der Waals surface area contributed by atoms with E-state index < -0.39 is 0 Å². The monoisotopic (exact) mass is 603 g/mol. The van der Waals surface area contributed by atoms with Crippen LogP contribution in [0.15, 0.2) is 158 Å². The Morgan fingerprint density at radius 1 is 0.319 bits per heavy atom. The highest BCUT2D eigenvalue weighted by Gasteiger charge is 2.15. The van der Waals surface area contributed by atoms with Crippen molar-refractivity contribution in [3.63, 3.8) is 0 Å². The molecule has 222 valence electrons. The van der Waals surface area contributed by atoms with E-state index in [1.807, 2.05) is 73.7 Å². The van der Waals surface area contributed by atoms with Crippen molar-refractivity contribution in [2.75, 3.05) is 0 Å². The summed E-state index contributed by atoms with van der Waals surface area (Å²) < 4.78 is 0. The van der Waals surface area contributed by atoms with E-state index in [1.165, 1.54) is 10.8 Å². The molecule has 0 fully saturated rings. The average Bonchev–Trinajstić information content (AvgIpc) is 3.15. The molecule has 0 saturated carbocycles. The summed E-state index contributed by atoms with van der Waals surface area (Å²) in [6.45, 7) is 1.98. The third-order valence-electron chi connectivity index (χ3n) is 8.22. The first kappa shape index (κ1) is 28.2. The van der Waals surface area contributed by atoms with Crippen LogP contribution in [0.3, 0.4) is 0 Å². The topological polar surface area (TPSA) is 64.5 Å². The molecule has 0 bridgehead atoms. The minimum absolute atomic E-state index is 0.611. The van der Waals surface area contributed by atoms with Gasteiger partial charge in [-0.15, -0.1) is 0 Å². The first-order chi connectivity index (χ1) is 23.2. The molecule has 5 nitrogen and oxygen atoms in total. The highest BCUT2D eigenvalue weighted by molar-refractivity contribution is 5.89. The van der Waals surface area contributed by atoms with Crippen LogP contribution >= 0.6 is 0 Å². The smallest absolute Gasteiger partial charge is 0.164 e. The Bertz CT molecular complexity index is 2310. The predicted molar refractivity (Wildman–Crippen MR) is 190 cm³/mol. The van der Waals surface area contributed by atoms with Gasteiger partial charge >= 0.3 is 0 Å². The van der Waals surface area contributed by atoms with Crippen molar-refractivity contribution in [1.29, 1.82) is 0 Å². The van der Waals surface area contributed by atoms with Crippen LogP contribution in [-0.2, 0) is 0 Å². The largest absolute Gasteiger partial charge is 0.237 e. The molecule has 0 aliphatic heterocycles. The summed E-state index contributed by atoms with van der Waals surface area (Å²) in [5.74, 6) is 2.58. The molecular weight excluding hydrogens is 574 g/mol. The fourth-order valence-corrected chi connectivity index (χ4v) is 5.82. The van der Waals surface area contributed by atoms with Gasteiger partial charge in [0.05, 0.1) is 0 Å². The minimum Gasteiger partial charge on any atom is -0.237 e. The third kappa shape index (κ3) is 5.90. The van der Waals surface area contributed by atoms with Crippen molar-refractivity contribution in [1.82, 2.24) is 24.9 Å². The van der Waals surface area contributed by atoms with Gasteiger partial charge in [-0.25, -0.2) is 24.9 Å². The molecule has 0 N–H and O–H groups in total. The Hall–Kier alpha value is -6.33. The average molecular weight is 604 g/mol. The van der Waals surface area contributed by atoms with Crippen LogP contribution < -0.4 is 0 Å². The molecule has 6 aromatic carbocycles. The van der Waals surface area contributed by atoms with E-state index in [-0.39, 0.29) is 0 Å². The van der Waals surface area contributed by atoms with Crippen molar-refractivity contribution >= 4 is 10.8 Å². The summed E-state index contributed by atoms with van der Waals surface area (Å²) >= 11 is 0. The first-order valence-electron chi connectivity index (χ1n) is 15.6. The highest BCUT2D eigenvalue weighted by atomic mass is 15.0. The van der Waals surface area contributed by atoms with E-state index in [4.69, 9.17) is 15.0 Å². The van der Waals surface area contributed by atoms with Crippen molar-refractivity contribution in [2.45, 2.75) is 6.92 Å². The van der Waals surface area contributed by atoms with Crippen LogP contribution in [0, 0.1) is 6.92 Å². The lowest BCUT2D eigenvalue weighted by molar-refractivity contribution is 1.07. The lowest BCUT2D eigenvalue weighted by Gasteiger charge is -2.13. The molecule has 0 aliphatic rings. The van der Waals surface area contributed by atoms with Crippen LogP contribution in [-0.4, -0.2) is 24.9 Å². The number of hydrogen-bond donors (Lipinski definition) is 0. The molecule has 0 amide bonds. The minimum atomic E-state index is 0.611. The Morgan fingerprint density at radius 3 is 1.49 bits per heavy atom. The van der Waals surface area contributed by atoms with Crippen LogP contribution in [0.2, 0.25) is 0 Å². The Labute approximate surface area is 273 Å². The van der Waals surface area contributed by atoms with Crippen molar-refractivity contribution < 1.29 is 0 Å². The number of benzene rings is 6. The van der Waals surface area contributed by atoms with E-state index in [0.717, 1.165) is 50.2 Å². The molecule has 0 saturated heterocycles. The lowest BCUT2D eigenvalue weighted by atomic mass is 9.94. The molecule has 8 aromatic rings. The number of rotatable bonds is 6. The van der Waals surface area contributed by atoms with Gasteiger partial charge in [-0.3, -0.25) is 0 Å². The van der Waals surface area contributed by atoms with Gasteiger partial charge < -0.3 is 0 Å². The van der Waals surface area contributed by atoms with Crippen molar-refractivity contribution in [2.24, 2.45) is 0 Å². The molecular formula is C42H29N5. The fraction of sp³-hybridized carbons (Fsp3) is 0.0238. The molecule has 0 aliphatic carbocycles. The number of nitrogens with zero attached hydrogens (tertiary/aromatic N) is 5. The number of hydrogen-bond acceptors (Lipinski definition) is 5. The SMILES string of the molecule is Cc1ccnc(-c2cccc(-c3cc(-c4ccc5ccccc5c4)cc(-c4nc(-c5ccccc5)nc(-c5ccccc5)n4)c3)c2)n1. The summed E-state index contributed by atoms with van der Waals surface area (Å²) in [5.41, 5.74) is 8.95. The number of aromatic nitrogens is 5. The maximum atomic E-state index is 5.05. The van der Waals surface area contributed by atoms with E-state index in [9.17, 15) is 0 Å². The number of aryl methyl sites for hydroxylation is 1. The Morgan fingerprint density at radius 2 is 0.830 bits per heavy atom. The molecule has 47 heavy (non-hydrogen) atoms. The van der Waals surface area contributed by atoms with Gasteiger partial charge in [0.2, 0.25) is 0 Å². The molecule has 0 atom stereocenters. The van der Waals surface area contributed by atoms with E-state index in [1.54, 1.807) is 6.20 Å². The molecule has 5 heteroatoms. The van der Waals surface area contributed by atoms with E-state index >= 15 is 0 Å². The quantitative estimate of drug-likeness (QED) is 0.189. The maximum Gasteiger partial charge on any atom is 0.164 e. The molecule has 2 heterocycles. The zero-order chi connectivity index (χ0) is 31.6. The standard InChI is InChI=1S/C42H29N5/c1-28-21-22-43-39(44-28)35-18-10-17-33(24-35)36-25-37(34-20-19-29-11-8-9-16-32(29)23-34)27-38(26-36)42-46-40(30-12-4-2-5-13-30)45-41(47-42)31-14-6-3-7-15-31/h2-27H,1H3. The van der Waals surface area contributed by atoms with Crippen molar-refractivity contribution in [3.8, 4) is 67.8 Å². The van der Waals surface area contributed by atoms with Gasteiger partial charge in [0.1, 0.15) is 0 Å².